The van der Waals surface area contributed by atoms with Crippen molar-refractivity contribution in [2.24, 2.45) is 5.92 Å². The van der Waals surface area contributed by atoms with Gasteiger partial charge in [-0.1, -0.05) is 43.0 Å². The molecule has 0 bridgehead atoms. The van der Waals surface area contributed by atoms with Gasteiger partial charge < -0.3 is 10.0 Å². The van der Waals surface area contributed by atoms with Crippen LogP contribution in [0.1, 0.15) is 54.1 Å². The molecule has 2 aliphatic heterocycles. The zero-order chi connectivity index (χ0) is 19.0. The van der Waals surface area contributed by atoms with Gasteiger partial charge in [0.15, 0.2) is 5.78 Å². The average molecular weight is 382 g/mol. The molecule has 27 heavy (non-hydrogen) atoms. The van der Waals surface area contributed by atoms with Gasteiger partial charge >= 0.3 is 0 Å². The molecule has 2 heterocycles. The molecule has 3 nitrogen and oxygen atoms in total. The van der Waals surface area contributed by atoms with Crippen LogP contribution in [0.3, 0.4) is 0 Å². The topological polar surface area (TPSA) is 40.5 Å². The maximum atomic E-state index is 12.3. The number of ketones is 1. The first-order valence-corrected chi connectivity index (χ1v) is 10.7. The molecule has 0 saturated carbocycles. The molecule has 1 fully saturated rings. The van der Waals surface area contributed by atoms with E-state index >= 15 is 0 Å². The standard InChI is InChI=1S/C23H27NO2S/c1-3-20(25)17-8-9-22-19(14-17)23(26,15-16-10-12-24(2)13-11-16)18-6-4-5-7-21(18)27-22/h4-9,14,16,26H,3,10-13,15H2,1-2H3. The molecule has 1 N–H and O–H groups in total. The Morgan fingerprint density at radius 3 is 2.59 bits per heavy atom. The maximum absolute atomic E-state index is 12.3. The number of Topliss-reactive ketones (excluding diaryl/α,β-unsaturated/α-hetero) is 1. The summed E-state index contributed by atoms with van der Waals surface area (Å²) in [7, 11) is 2.16. The molecule has 1 saturated heterocycles. The number of hydrogen-bond acceptors (Lipinski definition) is 4. The van der Waals surface area contributed by atoms with Crippen molar-refractivity contribution in [1.82, 2.24) is 4.90 Å². The van der Waals surface area contributed by atoms with E-state index in [1.165, 1.54) is 0 Å². The Balaban J connectivity index is 1.78. The lowest BCUT2D eigenvalue weighted by Crippen LogP contribution is -2.37. The second-order valence-electron chi connectivity index (χ2n) is 7.90. The predicted octanol–water partition coefficient (Wildman–Crippen LogP) is 4.71. The van der Waals surface area contributed by atoms with Gasteiger partial charge in [0, 0.05) is 32.9 Å². The van der Waals surface area contributed by atoms with Gasteiger partial charge in [0.2, 0.25) is 0 Å². The van der Waals surface area contributed by atoms with Crippen LogP contribution in [0.2, 0.25) is 0 Å². The summed E-state index contributed by atoms with van der Waals surface area (Å²) in [5.74, 6) is 0.615. The molecule has 2 aromatic rings. The third kappa shape index (κ3) is 3.46. The number of rotatable bonds is 4. The number of hydrogen-bond donors (Lipinski definition) is 1. The second kappa shape index (κ2) is 7.42. The van der Waals surface area contributed by atoms with E-state index in [2.05, 4.69) is 24.1 Å². The van der Waals surface area contributed by atoms with Gasteiger partial charge in [-0.25, -0.2) is 0 Å². The Morgan fingerprint density at radius 1 is 1.15 bits per heavy atom. The molecule has 2 aliphatic rings. The first kappa shape index (κ1) is 18.7. The van der Waals surface area contributed by atoms with E-state index in [4.69, 9.17) is 0 Å². The van der Waals surface area contributed by atoms with Gasteiger partial charge in [-0.3, -0.25) is 4.79 Å². The minimum atomic E-state index is -1.03. The summed E-state index contributed by atoms with van der Waals surface area (Å²) in [5.41, 5.74) is 1.58. The fourth-order valence-corrected chi connectivity index (χ4v) is 5.59. The third-order valence-electron chi connectivity index (χ3n) is 6.04. The number of aliphatic hydroxyl groups is 1. The number of carbonyl (C=O) groups is 1. The van der Waals surface area contributed by atoms with E-state index in [-0.39, 0.29) is 5.78 Å². The number of nitrogens with zero attached hydrogens (tertiary/aromatic N) is 1. The molecule has 1 atom stereocenters. The maximum Gasteiger partial charge on any atom is 0.162 e. The summed E-state index contributed by atoms with van der Waals surface area (Å²) in [6.07, 6.45) is 3.42. The van der Waals surface area contributed by atoms with E-state index in [0.717, 1.165) is 53.3 Å². The molecule has 2 aromatic carbocycles. The molecule has 4 rings (SSSR count). The van der Waals surface area contributed by atoms with Gasteiger partial charge in [0.25, 0.3) is 0 Å². The van der Waals surface area contributed by atoms with Crippen molar-refractivity contribution in [2.75, 3.05) is 20.1 Å². The van der Waals surface area contributed by atoms with Gasteiger partial charge in [-0.05, 0) is 63.5 Å². The first-order chi connectivity index (χ1) is 13.0. The number of piperidine rings is 1. The molecule has 0 spiro atoms. The molecule has 0 radical (unpaired) electrons. The monoisotopic (exact) mass is 381 g/mol. The molecule has 4 heteroatoms. The first-order valence-electron chi connectivity index (χ1n) is 9.87. The fourth-order valence-electron chi connectivity index (χ4n) is 4.38. The highest BCUT2D eigenvalue weighted by Crippen LogP contribution is 2.51. The van der Waals surface area contributed by atoms with Crippen molar-refractivity contribution < 1.29 is 9.90 Å². The van der Waals surface area contributed by atoms with Crippen LogP contribution in [-0.4, -0.2) is 35.9 Å². The minimum Gasteiger partial charge on any atom is -0.380 e. The van der Waals surface area contributed by atoms with E-state index in [0.29, 0.717) is 17.9 Å². The van der Waals surface area contributed by atoms with Crippen molar-refractivity contribution in [1.29, 1.82) is 0 Å². The second-order valence-corrected chi connectivity index (χ2v) is 8.98. The molecule has 142 valence electrons. The minimum absolute atomic E-state index is 0.128. The summed E-state index contributed by atoms with van der Waals surface area (Å²) in [6.45, 7) is 4.05. The molecule has 1 unspecified atom stereocenters. The van der Waals surface area contributed by atoms with Crippen molar-refractivity contribution >= 4 is 17.5 Å². The van der Waals surface area contributed by atoms with Gasteiger partial charge in [0.05, 0.1) is 0 Å². The van der Waals surface area contributed by atoms with E-state index in [1.807, 2.05) is 37.3 Å². The highest BCUT2D eigenvalue weighted by Gasteiger charge is 2.41. The van der Waals surface area contributed by atoms with E-state index < -0.39 is 5.60 Å². The lowest BCUT2D eigenvalue weighted by atomic mass is 9.76. The predicted molar refractivity (Wildman–Crippen MR) is 109 cm³/mol. The normalized spacial score (nSPS) is 22.9. The van der Waals surface area contributed by atoms with Crippen molar-refractivity contribution in [3.05, 3.63) is 59.2 Å². The SMILES string of the molecule is CCC(=O)c1ccc2c(c1)C(O)(CC1CCN(C)CC1)c1ccccc1S2. The van der Waals surface area contributed by atoms with Crippen LogP contribution in [0.4, 0.5) is 0 Å². The lowest BCUT2D eigenvalue weighted by Gasteiger charge is -2.40. The Morgan fingerprint density at radius 2 is 1.85 bits per heavy atom. The zero-order valence-corrected chi connectivity index (χ0v) is 16.9. The number of benzene rings is 2. The average Bonchev–Trinajstić information content (AvgIpc) is 2.69. The summed E-state index contributed by atoms with van der Waals surface area (Å²) < 4.78 is 0. The summed E-state index contributed by atoms with van der Waals surface area (Å²) in [4.78, 5) is 16.8. The summed E-state index contributed by atoms with van der Waals surface area (Å²) in [5, 5.41) is 12.0. The molecule has 0 amide bonds. The lowest BCUT2D eigenvalue weighted by molar-refractivity contribution is 0.0337. The van der Waals surface area contributed by atoms with Crippen LogP contribution >= 0.6 is 11.8 Å². The Bertz CT molecular complexity index is 857. The molecular weight excluding hydrogens is 354 g/mol. The van der Waals surface area contributed by atoms with Crippen LogP contribution < -0.4 is 0 Å². The third-order valence-corrected chi connectivity index (χ3v) is 7.19. The van der Waals surface area contributed by atoms with Crippen LogP contribution in [0, 0.1) is 5.92 Å². The van der Waals surface area contributed by atoms with E-state index in [1.54, 1.807) is 11.8 Å². The zero-order valence-electron chi connectivity index (χ0n) is 16.1. The van der Waals surface area contributed by atoms with Crippen LogP contribution in [0.15, 0.2) is 52.3 Å². The number of likely N-dealkylation sites (tertiary alicyclic amines) is 1. The Hall–Kier alpha value is -1.62. The number of fused-ring (bicyclic) bond motifs is 2. The van der Waals surface area contributed by atoms with Crippen LogP contribution in [-0.2, 0) is 5.60 Å². The molecular formula is C23H27NO2S. The Kier molecular flexibility index (Phi) is 5.15. The number of carbonyl (C=O) groups excluding carboxylic acids is 1. The molecule has 0 aliphatic carbocycles. The van der Waals surface area contributed by atoms with Gasteiger partial charge in [-0.15, -0.1) is 0 Å². The Labute approximate surface area is 165 Å². The van der Waals surface area contributed by atoms with Crippen LogP contribution in [0.25, 0.3) is 0 Å². The quantitative estimate of drug-likeness (QED) is 0.779. The van der Waals surface area contributed by atoms with Gasteiger partial charge in [0.1, 0.15) is 5.60 Å². The van der Waals surface area contributed by atoms with Crippen molar-refractivity contribution in [3.8, 4) is 0 Å². The van der Waals surface area contributed by atoms with E-state index in [9.17, 15) is 9.90 Å². The van der Waals surface area contributed by atoms with Crippen molar-refractivity contribution in [2.45, 2.75) is 48.0 Å². The summed E-state index contributed by atoms with van der Waals surface area (Å²) >= 11 is 1.70. The largest absolute Gasteiger partial charge is 0.380 e. The van der Waals surface area contributed by atoms with Crippen molar-refractivity contribution in [3.63, 3.8) is 0 Å². The van der Waals surface area contributed by atoms with Crippen LogP contribution in [0.5, 0.6) is 0 Å². The van der Waals surface area contributed by atoms with Gasteiger partial charge in [-0.2, -0.15) is 0 Å². The molecule has 0 aromatic heterocycles. The highest BCUT2D eigenvalue weighted by molar-refractivity contribution is 7.99. The highest BCUT2D eigenvalue weighted by atomic mass is 32.2. The summed E-state index contributed by atoms with van der Waals surface area (Å²) in [6, 6.07) is 14.0. The fraction of sp³-hybridized carbons (Fsp3) is 0.435. The smallest absolute Gasteiger partial charge is 0.162 e.